The summed E-state index contributed by atoms with van der Waals surface area (Å²) in [5, 5.41) is 21.5. The number of allylic oxidation sites excluding steroid dienone is 1. The van der Waals surface area contributed by atoms with Crippen molar-refractivity contribution in [3.8, 4) is 16.9 Å². The summed E-state index contributed by atoms with van der Waals surface area (Å²) in [4.78, 5) is 13.9. The topological polar surface area (TPSA) is 87.1 Å². The van der Waals surface area contributed by atoms with E-state index in [2.05, 4.69) is 30.4 Å². The van der Waals surface area contributed by atoms with Gasteiger partial charge < -0.3 is 14.4 Å². The number of carboxylic acids is 1. The number of ether oxygens (including phenoxy) is 1. The first-order chi connectivity index (χ1) is 23.2. The molecule has 0 radical (unpaired) electrons. The van der Waals surface area contributed by atoms with Gasteiger partial charge in [0, 0.05) is 71.1 Å². The van der Waals surface area contributed by atoms with Crippen LogP contribution in [0.3, 0.4) is 0 Å². The van der Waals surface area contributed by atoms with Crippen LogP contribution in [0.25, 0.3) is 28.1 Å². The standard InChI is InChI=1S/C35H36ClN5O3S2.C2H6/c1-20-31-29(41(4)37-20)19-45-17-22-15-23(40(3)38-22)18-46-24-14-21-8-5-6-9-25(21)30(16-24)44-13-7-10-26-27-11-12-28(36)32(31)33(27)39(2)34(26)35(42)43;1-2/h6,9,11-12,14-16H,5,7-8,10,13,17-19H2,1-4H3,(H,42,43);1-2H3. The lowest BCUT2D eigenvalue weighted by Crippen LogP contribution is -2.09. The molecule has 0 unspecified atom stereocenters. The smallest absolute Gasteiger partial charge is 0.352 e. The highest BCUT2D eigenvalue weighted by atomic mass is 35.5. The normalized spacial score (nSPS) is 14.8. The predicted octanol–water partition coefficient (Wildman–Crippen LogP) is 9.01. The lowest BCUT2D eigenvalue weighted by atomic mass is 9.96. The first kappa shape index (κ1) is 34.3. The Morgan fingerprint density at radius 3 is 2.60 bits per heavy atom. The number of rotatable bonds is 1. The number of aromatic carboxylic acids is 1. The number of benzene rings is 2. The van der Waals surface area contributed by atoms with Crippen LogP contribution in [0.1, 0.15) is 76.6 Å². The molecule has 0 spiro atoms. The minimum Gasteiger partial charge on any atom is -0.493 e. The van der Waals surface area contributed by atoms with Crippen molar-refractivity contribution in [2.24, 2.45) is 21.1 Å². The number of thioether (sulfide) groups is 2. The van der Waals surface area contributed by atoms with Gasteiger partial charge in [0.1, 0.15) is 11.4 Å². The van der Waals surface area contributed by atoms with Gasteiger partial charge in [-0.05, 0) is 68.0 Å². The fourth-order valence-corrected chi connectivity index (χ4v) is 9.10. The SMILES string of the molecule is CC.Cc1nn(C)c2c1-c1c(Cl)ccc3c(c(C(=O)O)n(C)c13)CCCOc1cc(cc3c1C=CCC3)SCc1cc(nn1C)CSC2. The molecule has 8 bridgehead atoms. The molecule has 1 N–H and O–H groups in total. The van der Waals surface area contributed by atoms with E-state index in [0.29, 0.717) is 30.2 Å². The van der Waals surface area contributed by atoms with Crippen molar-refractivity contribution in [2.45, 2.75) is 68.6 Å². The fraction of sp³-hybridized carbons (Fsp3) is 0.378. The molecule has 7 rings (SSSR count). The molecule has 3 aromatic heterocycles. The van der Waals surface area contributed by atoms with Crippen molar-refractivity contribution in [1.29, 1.82) is 0 Å². The Morgan fingerprint density at radius 1 is 1.00 bits per heavy atom. The molecule has 5 aromatic rings. The second kappa shape index (κ2) is 14.5. The average molecular weight is 704 g/mol. The highest BCUT2D eigenvalue weighted by Crippen LogP contribution is 2.43. The van der Waals surface area contributed by atoms with E-state index < -0.39 is 5.97 Å². The molecule has 2 aliphatic rings. The Balaban J connectivity index is 0.00000197. The third-order valence-electron chi connectivity index (χ3n) is 9.00. The van der Waals surface area contributed by atoms with Gasteiger partial charge >= 0.3 is 5.97 Å². The molecule has 0 fully saturated rings. The molecule has 0 saturated carbocycles. The molecular formula is C37H42ClN5O3S2. The van der Waals surface area contributed by atoms with Gasteiger partial charge in [-0.2, -0.15) is 10.2 Å². The molecule has 1 aliphatic carbocycles. The molecule has 8 nitrogen and oxygen atoms in total. The van der Waals surface area contributed by atoms with E-state index in [9.17, 15) is 9.90 Å². The zero-order valence-electron chi connectivity index (χ0n) is 28.4. The van der Waals surface area contributed by atoms with E-state index in [4.69, 9.17) is 26.5 Å². The number of aromatic nitrogens is 5. The van der Waals surface area contributed by atoms with Gasteiger partial charge in [0.05, 0.1) is 34.2 Å². The predicted molar refractivity (Wildman–Crippen MR) is 199 cm³/mol. The van der Waals surface area contributed by atoms with Crippen LogP contribution in [0.15, 0.2) is 41.3 Å². The summed E-state index contributed by atoms with van der Waals surface area (Å²) in [5.41, 5.74) is 10.2. The van der Waals surface area contributed by atoms with Crippen molar-refractivity contribution in [1.82, 2.24) is 24.1 Å². The fourth-order valence-electron chi connectivity index (χ4n) is 6.87. The summed E-state index contributed by atoms with van der Waals surface area (Å²) in [6.07, 6.45) is 7.61. The molecule has 2 aromatic carbocycles. The third-order valence-corrected chi connectivity index (χ3v) is 11.3. The molecule has 48 heavy (non-hydrogen) atoms. The van der Waals surface area contributed by atoms with Crippen molar-refractivity contribution in [3.63, 3.8) is 0 Å². The molecule has 0 saturated heterocycles. The second-order valence-corrected chi connectivity index (χ2v) is 14.4. The summed E-state index contributed by atoms with van der Waals surface area (Å²) >= 11 is 10.6. The van der Waals surface area contributed by atoms with Crippen LogP contribution in [0.2, 0.25) is 5.02 Å². The Labute approximate surface area is 295 Å². The zero-order valence-corrected chi connectivity index (χ0v) is 30.8. The Kier molecular flexibility index (Phi) is 10.3. The summed E-state index contributed by atoms with van der Waals surface area (Å²) in [6, 6.07) is 10.5. The molecule has 4 heterocycles. The van der Waals surface area contributed by atoms with E-state index in [0.717, 1.165) is 80.3 Å². The molecule has 252 valence electrons. The number of carbonyl (C=O) groups is 1. The number of nitrogens with zero attached hydrogens (tertiary/aromatic N) is 5. The van der Waals surface area contributed by atoms with Crippen molar-refractivity contribution in [3.05, 3.63) is 86.6 Å². The van der Waals surface area contributed by atoms with E-state index in [1.807, 2.05) is 63.4 Å². The quantitative estimate of drug-likeness (QED) is 0.186. The van der Waals surface area contributed by atoms with Crippen LogP contribution in [-0.4, -0.2) is 41.8 Å². The highest BCUT2D eigenvalue weighted by molar-refractivity contribution is 7.98. The molecule has 0 amide bonds. The lowest BCUT2D eigenvalue weighted by molar-refractivity contribution is 0.0685. The van der Waals surface area contributed by atoms with Gasteiger partial charge in [0.2, 0.25) is 0 Å². The van der Waals surface area contributed by atoms with Gasteiger partial charge in [0.15, 0.2) is 0 Å². The number of halogens is 1. The van der Waals surface area contributed by atoms with Crippen LogP contribution < -0.4 is 4.74 Å². The monoisotopic (exact) mass is 703 g/mol. The van der Waals surface area contributed by atoms with Gasteiger partial charge in [-0.15, -0.1) is 23.5 Å². The van der Waals surface area contributed by atoms with Gasteiger partial charge in [0.25, 0.3) is 0 Å². The largest absolute Gasteiger partial charge is 0.493 e. The van der Waals surface area contributed by atoms with E-state index in [1.54, 1.807) is 28.1 Å². The first-order valence-electron chi connectivity index (χ1n) is 16.5. The van der Waals surface area contributed by atoms with Crippen molar-refractivity contribution >= 4 is 58.1 Å². The van der Waals surface area contributed by atoms with Gasteiger partial charge in [-0.3, -0.25) is 9.36 Å². The summed E-state index contributed by atoms with van der Waals surface area (Å²) in [7, 11) is 5.80. The third kappa shape index (κ3) is 6.42. The van der Waals surface area contributed by atoms with E-state index in [-0.39, 0.29) is 5.69 Å². The number of carboxylic acid groups (broad SMARTS) is 1. The van der Waals surface area contributed by atoms with Crippen LogP contribution in [0.4, 0.5) is 0 Å². The molecular weight excluding hydrogens is 662 g/mol. The van der Waals surface area contributed by atoms with Crippen LogP contribution in [0.5, 0.6) is 5.75 Å². The molecule has 11 heteroatoms. The highest BCUT2D eigenvalue weighted by Gasteiger charge is 2.27. The van der Waals surface area contributed by atoms with Crippen molar-refractivity contribution in [2.75, 3.05) is 6.61 Å². The maximum absolute atomic E-state index is 12.7. The molecule has 0 atom stereocenters. The van der Waals surface area contributed by atoms with E-state index in [1.165, 1.54) is 16.2 Å². The summed E-state index contributed by atoms with van der Waals surface area (Å²) < 4.78 is 12.2. The number of fused-ring (bicyclic) bond motifs is 8. The maximum atomic E-state index is 12.7. The zero-order chi connectivity index (χ0) is 34.1. The number of aryl methyl sites for hydroxylation is 6. The van der Waals surface area contributed by atoms with Crippen LogP contribution >= 0.6 is 35.1 Å². The van der Waals surface area contributed by atoms with E-state index >= 15 is 0 Å². The summed E-state index contributed by atoms with van der Waals surface area (Å²) in [5.74, 6) is 2.19. The van der Waals surface area contributed by atoms with Crippen LogP contribution in [-0.2, 0) is 51.2 Å². The minimum absolute atomic E-state index is 0.280. The second-order valence-electron chi connectivity index (χ2n) is 12.0. The Hall–Kier alpha value is -3.60. The van der Waals surface area contributed by atoms with Crippen molar-refractivity contribution < 1.29 is 14.6 Å². The van der Waals surface area contributed by atoms with Gasteiger partial charge in [-0.1, -0.05) is 43.7 Å². The lowest BCUT2D eigenvalue weighted by Gasteiger charge is -2.18. The first-order valence-corrected chi connectivity index (χ1v) is 19.0. The Morgan fingerprint density at radius 2 is 1.81 bits per heavy atom. The number of hydrogen-bond donors (Lipinski definition) is 1. The minimum atomic E-state index is -0.955. The number of hydrogen-bond acceptors (Lipinski definition) is 6. The van der Waals surface area contributed by atoms with Crippen LogP contribution in [0, 0.1) is 6.92 Å². The Bertz CT molecular complexity index is 2040. The molecule has 1 aliphatic heterocycles. The van der Waals surface area contributed by atoms with Gasteiger partial charge in [-0.25, -0.2) is 4.79 Å². The summed E-state index contributed by atoms with van der Waals surface area (Å²) in [6.45, 7) is 6.46. The maximum Gasteiger partial charge on any atom is 0.352 e. The average Bonchev–Trinajstić information content (AvgIpc) is 3.67.